The number of rotatable bonds is 8. The number of hydrogen-bond donors (Lipinski definition) is 0. The summed E-state index contributed by atoms with van der Waals surface area (Å²) in [6, 6.07) is 0.569. The minimum atomic E-state index is -0.151. The number of hydrogen-bond acceptors (Lipinski definition) is 5. The third-order valence-electron chi connectivity index (χ3n) is 3.63. The standard InChI is InChI=1S/C14H21N3O2S/c1-2-3-8-19-12(18)9-20-14-16-15-13(10-4-5-10)17(14)11-6-7-11/h10-11H,2-9H2,1H3. The summed E-state index contributed by atoms with van der Waals surface area (Å²) in [7, 11) is 0. The molecule has 2 aliphatic rings. The minimum absolute atomic E-state index is 0.151. The summed E-state index contributed by atoms with van der Waals surface area (Å²) in [4.78, 5) is 11.6. The van der Waals surface area contributed by atoms with E-state index in [0.29, 0.717) is 24.3 Å². The van der Waals surface area contributed by atoms with Crippen molar-refractivity contribution in [2.24, 2.45) is 0 Å². The molecular formula is C14H21N3O2S. The average molecular weight is 295 g/mol. The highest BCUT2D eigenvalue weighted by Crippen LogP contribution is 2.45. The number of ether oxygens (including phenoxy) is 1. The van der Waals surface area contributed by atoms with E-state index in [4.69, 9.17) is 4.74 Å². The molecule has 2 aliphatic carbocycles. The Hall–Kier alpha value is -1.04. The molecule has 0 bridgehead atoms. The maximum atomic E-state index is 11.6. The van der Waals surface area contributed by atoms with Crippen molar-refractivity contribution in [3.8, 4) is 0 Å². The number of nitrogens with zero attached hydrogens (tertiary/aromatic N) is 3. The van der Waals surface area contributed by atoms with E-state index in [1.54, 1.807) is 0 Å². The van der Waals surface area contributed by atoms with Gasteiger partial charge in [0.15, 0.2) is 5.16 Å². The van der Waals surface area contributed by atoms with Gasteiger partial charge in [0.2, 0.25) is 0 Å². The molecule has 2 saturated carbocycles. The smallest absolute Gasteiger partial charge is 0.316 e. The first-order valence-corrected chi connectivity index (χ1v) is 8.51. The van der Waals surface area contributed by atoms with Crippen molar-refractivity contribution in [2.45, 2.75) is 62.6 Å². The van der Waals surface area contributed by atoms with Gasteiger partial charge in [0.25, 0.3) is 0 Å². The second-order valence-corrected chi connectivity index (χ2v) is 6.52. The molecule has 1 aromatic heterocycles. The van der Waals surface area contributed by atoms with Crippen molar-refractivity contribution in [1.82, 2.24) is 14.8 Å². The maximum absolute atomic E-state index is 11.6. The van der Waals surface area contributed by atoms with Crippen LogP contribution in [0.15, 0.2) is 5.16 Å². The number of esters is 1. The molecule has 0 N–H and O–H groups in total. The number of carbonyl (C=O) groups is 1. The Labute approximate surface area is 123 Å². The molecule has 0 amide bonds. The van der Waals surface area contributed by atoms with E-state index < -0.39 is 0 Å². The van der Waals surface area contributed by atoms with Gasteiger partial charge in [-0.25, -0.2) is 0 Å². The van der Waals surface area contributed by atoms with Crippen LogP contribution < -0.4 is 0 Å². The lowest BCUT2D eigenvalue weighted by molar-refractivity contribution is -0.140. The Bertz CT molecular complexity index is 481. The van der Waals surface area contributed by atoms with E-state index >= 15 is 0 Å². The van der Waals surface area contributed by atoms with E-state index in [1.165, 1.54) is 37.4 Å². The first-order chi connectivity index (χ1) is 9.79. The van der Waals surface area contributed by atoms with Gasteiger partial charge in [-0.15, -0.1) is 10.2 Å². The van der Waals surface area contributed by atoms with E-state index in [9.17, 15) is 4.79 Å². The summed E-state index contributed by atoms with van der Waals surface area (Å²) < 4.78 is 7.44. The zero-order chi connectivity index (χ0) is 13.9. The molecule has 3 rings (SSSR count). The topological polar surface area (TPSA) is 57.0 Å². The minimum Gasteiger partial charge on any atom is -0.465 e. The van der Waals surface area contributed by atoms with E-state index in [1.807, 2.05) is 0 Å². The molecule has 1 aromatic rings. The Morgan fingerprint density at radius 2 is 2.15 bits per heavy atom. The quantitative estimate of drug-likeness (QED) is 0.419. The van der Waals surface area contributed by atoms with Crippen LogP contribution in [0.25, 0.3) is 0 Å². The molecule has 2 fully saturated rings. The maximum Gasteiger partial charge on any atom is 0.316 e. The first kappa shape index (κ1) is 13.9. The van der Waals surface area contributed by atoms with Crippen LogP contribution in [0.4, 0.5) is 0 Å². The molecule has 0 spiro atoms. The molecule has 1 heterocycles. The first-order valence-electron chi connectivity index (χ1n) is 7.52. The second-order valence-electron chi connectivity index (χ2n) is 5.58. The third kappa shape index (κ3) is 3.34. The molecular weight excluding hydrogens is 274 g/mol. The van der Waals surface area contributed by atoms with Crippen molar-refractivity contribution in [2.75, 3.05) is 12.4 Å². The fraction of sp³-hybridized carbons (Fsp3) is 0.786. The highest BCUT2D eigenvalue weighted by molar-refractivity contribution is 7.99. The van der Waals surface area contributed by atoms with Gasteiger partial charge in [0, 0.05) is 12.0 Å². The molecule has 6 heteroatoms. The molecule has 0 radical (unpaired) electrons. The lowest BCUT2D eigenvalue weighted by atomic mass is 10.4. The largest absolute Gasteiger partial charge is 0.465 e. The SMILES string of the molecule is CCCCOC(=O)CSc1nnc(C2CC2)n1C1CC1. The molecule has 110 valence electrons. The normalized spacial score (nSPS) is 18.2. The zero-order valence-electron chi connectivity index (χ0n) is 11.9. The number of thioether (sulfide) groups is 1. The van der Waals surface area contributed by atoms with Crippen LogP contribution in [0.5, 0.6) is 0 Å². The highest BCUT2D eigenvalue weighted by atomic mass is 32.2. The van der Waals surface area contributed by atoms with Crippen LogP contribution in [0, 0.1) is 0 Å². The van der Waals surface area contributed by atoms with Gasteiger partial charge >= 0.3 is 5.97 Å². The van der Waals surface area contributed by atoms with Crippen LogP contribution in [0.3, 0.4) is 0 Å². The molecule has 5 nitrogen and oxygen atoms in total. The van der Waals surface area contributed by atoms with Gasteiger partial charge in [0.1, 0.15) is 5.82 Å². The molecule has 0 aromatic carbocycles. The fourth-order valence-electron chi connectivity index (χ4n) is 2.18. The van der Waals surface area contributed by atoms with Crippen molar-refractivity contribution < 1.29 is 9.53 Å². The average Bonchev–Trinajstić information content (AvgIpc) is 3.35. The summed E-state index contributed by atoms with van der Waals surface area (Å²) in [6.45, 7) is 2.61. The zero-order valence-corrected chi connectivity index (χ0v) is 12.7. The molecule has 0 aliphatic heterocycles. The Balaban J connectivity index is 1.56. The predicted octanol–water partition coefficient (Wildman–Crippen LogP) is 2.93. The van der Waals surface area contributed by atoms with E-state index in [0.717, 1.165) is 23.8 Å². The fourth-order valence-corrected chi connectivity index (χ4v) is 2.99. The Morgan fingerprint density at radius 1 is 1.35 bits per heavy atom. The highest BCUT2D eigenvalue weighted by Gasteiger charge is 2.36. The predicted molar refractivity (Wildman–Crippen MR) is 76.9 cm³/mol. The van der Waals surface area contributed by atoms with Crippen LogP contribution in [-0.2, 0) is 9.53 Å². The van der Waals surface area contributed by atoms with Crippen molar-refractivity contribution in [3.63, 3.8) is 0 Å². The van der Waals surface area contributed by atoms with Gasteiger partial charge in [-0.2, -0.15) is 0 Å². The summed E-state index contributed by atoms with van der Waals surface area (Å²) in [5.74, 6) is 1.92. The van der Waals surface area contributed by atoms with E-state index in [-0.39, 0.29) is 5.97 Å². The summed E-state index contributed by atoms with van der Waals surface area (Å²) in [6.07, 6.45) is 6.86. The van der Waals surface area contributed by atoms with Gasteiger partial charge in [-0.3, -0.25) is 4.79 Å². The molecule has 0 saturated heterocycles. The number of unbranched alkanes of at least 4 members (excludes halogenated alkanes) is 1. The Morgan fingerprint density at radius 3 is 2.80 bits per heavy atom. The van der Waals surface area contributed by atoms with Crippen LogP contribution >= 0.6 is 11.8 Å². The van der Waals surface area contributed by atoms with Gasteiger partial charge in [-0.1, -0.05) is 25.1 Å². The van der Waals surface area contributed by atoms with Crippen molar-refractivity contribution in [1.29, 1.82) is 0 Å². The number of carbonyl (C=O) groups excluding carboxylic acids is 1. The third-order valence-corrected chi connectivity index (χ3v) is 4.54. The molecule has 20 heavy (non-hydrogen) atoms. The molecule has 0 atom stereocenters. The van der Waals surface area contributed by atoms with Crippen LogP contribution in [0.2, 0.25) is 0 Å². The van der Waals surface area contributed by atoms with Crippen LogP contribution in [-0.4, -0.2) is 33.1 Å². The number of aromatic nitrogens is 3. The van der Waals surface area contributed by atoms with Crippen molar-refractivity contribution >= 4 is 17.7 Å². The molecule has 0 unspecified atom stereocenters. The monoisotopic (exact) mass is 295 g/mol. The summed E-state index contributed by atoms with van der Waals surface area (Å²) in [5, 5.41) is 9.50. The summed E-state index contributed by atoms with van der Waals surface area (Å²) in [5.41, 5.74) is 0. The van der Waals surface area contributed by atoms with Crippen molar-refractivity contribution in [3.05, 3.63) is 5.82 Å². The van der Waals surface area contributed by atoms with Crippen LogP contribution in [0.1, 0.15) is 63.2 Å². The second kappa shape index (κ2) is 6.16. The van der Waals surface area contributed by atoms with E-state index in [2.05, 4.69) is 21.7 Å². The van der Waals surface area contributed by atoms with Gasteiger partial charge in [0.05, 0.1) is 12.4 Å². The Kier molecular flexibility index (Phi) is 4.29. The van der Waals surface area contributed by atoms with Gasteiger partial charge < -0.3 is 9.30 Å². The lowest BCUT2D eigenvalue weighted by Crippen LogP contribution is -2.09. The van der Waals surface area contributed by atoms with Gasteiger partial charge in [-0.05, 0) is 32.1 Å². The summed E-state index contributed by atoms with van der Waals surface area (Å²) >= 11 is 1.46. The lowest BCUT2D eigenvalue weighted by Gasteiger charge is -2.08.